The van der Waals surface area contributed by atoms with Crippen molar-refractivity contribution in [1.29, 1.82) is 0 Å². The van der Waals surface area contributed by atoms with Gasteiger partial charge in [-0.3, -0.25) is 10.1 Å². The zero-order valence-corrected chi connectivity index (χ0v) is 14.2. The Balaban J connectivity index is 1.63. The molecule has 2 rings (SSSR count). The summed E-state index contributed by atoms with van der Waals surface area (Å²) >= 11 is 0. The molecule has 1 aromatic carbocycles. The normalized spacial score (nSPS) is 10.0. The van der Waals surface area contributed by atoms with Crippen LogP contribution in [0.25, 0.3) is 0 Å². The van der Waals surface area contributed by atoms with E-state index >= 15 is 0 Å². The van der Waals surface area contributed by atoms with Crippen molar-refractivity contribution < 1.29 is 23.9 Å². The fourth-order valence-corrected chi connectivity index (χ4v) is 1.93. The summed E-state index contributed by atoms with van der Waals surface area (Å²) in [6.07, 6.45) is 1.15. The maximum Gasteiger partial charge on any atom is 0.344 e. The van der Waals surface area contributed by atoms with E-state index in [4.69, 9.17) is 14.2 Å². The van der Waals surface area contributed by atoms with E-state index in [-0.39, 0.29) is 18.9 Å². The van der Waals surface area contributed by atoms with Gasteiger partial charge in [0.15, 0.2) is 6.61 Å². The first-order valence-corrected chi connectivity index (χ1v) is 7.94. The van der Waals surface area contributed by atoms with E-state index in [1.165, 1.54) is 12.1 Å². The number of nitrogens with zero attached hydrogens (tertiary/aromatic N) is 2. The topological polar surface area (TPSA) is 113 Å². The Morgan fingerprint density at radius 2 is 1.85 bits per heavy atom. The van der Waals surface area contributed by atoms with Gasteiger partial charge in [0.2, 0.25) is 0 Å². The molecule has 0 saturated heterocycles. The van der Waals surface area contributed by atoms with E-state index in [9.17, 15) is 14.9 Å². The summed E-state index contributed by atoms with van der Waals surface area (Å²) in [6.45, 7) is 2.70. The molecule has 26 heavy (non-hydrogen) atoms. The van der Waals surface area contributed by atoms with E-state index in [1.807, 2.05) is 6.92 Å². The van der Waals surface area contributed by atoms with Gasteiger partial charge >= 0.3 is 5.97 Å². The second-order valence-electron chi connectivity index (χ2n) is 5.00. The van der Waals surface area contributed by atoms with Gasteiger partial charge in [0.05, 0.1) is 18.1 Å². The Hall–Kier alpha value is -3.36. The van der Waals surface area contributed by atoms with E-state index in [1.54, 1.807) is 24.3 Å². The number of esters is 1. The van der Waals surface area contributed by atoms with Crippen LogP contribution < -0.4 is 14.8 Å². The SMILES string of the molecule is CCOc1ccc(OCC(=O)OCCNc2ccc([N+](=O)[O-])cn2)cc1. The number of anilines is 1. The molecule has 1 heterocycles. The molecule has 138 valence electrons. The predicted molar refractivity (Wildman–Crippen MR) is 93.4 cm³/mol. The van der Waals surface area contributed by atoms with Gasteiger partial charge in [-0.25, -0.2) is 9.78 Å². The van der Waals surface area contributed by atoms with E-state index in [0.717, 1.165) is 11.9 Å². The summed E-state index contributed by atoms with van der Waals surface area (Å²) in [5.41, 5.74) is -0.0894. The molecule has 0 bridgehead atoms. The molecule has 9 heteroatoms. The minimum Gasteiger partial charge on any atom is -0.494 e. The molecule has 0 amide bonds. The maximum absolute atomic E-state index is 11.6. The van der Waals surface area contributed by atoms with Crippen LogP contribution in [0.2, 0.25) is 0 Å². The number of nitrogens with one attached hydrogen (secondary N) is 1. The fraction of sp³-hybridized carbons (Fsp3) is 0.294. The lowest BCUT2D eigenvalue weighted by Gasteiger charge is -2.09. The zero-order chi connectivity index (χ0) is 18.8. The molecule has 0 atom stereocenters. The predicted octanol–water partition coefficient (Wildman–Crippen LogP) is 2.42. The van der Waals surface area contributed by atoms with Crippen LogP contribution in [-0.4, -0.2) is 42.2 Å². The fourth-order valence-electron chi connectivity index (χ4n) is 1.93. The first-order valence-electron chi connectivity index (χ1n) is 7.94. The molecule has 0 spiro atoms. The van der Waals surface area contributed by atoms with Gasteiger partial charge in [0.25, 0.3) is 5.69 Å². The van der Waals surface area contributed by atoms with Gasteiger partial charge in [-0.2, -0.15) is 0 Å². The first-order chi connectivity index (χ1) is 12.6. The molecule has 2 aromatic rings. The quantitative estimate of drug-likeness (QED) is 0.297. The van der Waals surface area contributed by atoms with Crippen LogP contribution >= 0.6 is 0 Å². The Labute approximate surface area is 150 Å². The van der Waals surface area contributed by atoms with E-state index in [0.29, 0.717) is 24.7 Å². The number of aromatic nitrogens is 1. The van der Waals surface area contributed by atoms with Crippen molar-refractivity contribution in [2.24, 2.45) is 0 Å². The highest BCUT2D eigenvalue weighted by atomic mass is 16.6. The summed E-state index contributed by atoms with van der Waals surface area (Å²) in [5.74, 6) is 1.22. The number of ether oxygens (including phenoxy) is 3. The van der Waals surface area contributed by atoms with Gasteiger partial charge in [-0.05, 0) is 37.3 Å². The van der Waals surface area contributed by atoms with Crippen LogP contribution in [0.1, 0.15) is 6.92 Å². The van der Waals surface area contributed by atoms with Gasteiger partial charge in [-0.1, -0.05) is 0 Å². The van der Waals surface area contributed by atoms with Crippen molar-refractivity contribution in [3.05, 3.63) is 52.7 Å². The van der Waals surface area contributed by atoms with Crippen molar-refractivity contribution in [2.45, 2.75) is 6.92 Å². The second kappa shape index (κ2) is 9.82. The lowest BCUT2D eigenvalue weighted by Crippen LogP contribution is -2.19. The summed E-state index contributed by atoms with van der Waals surface area (Å²) in [6, 6.07) is 9.75. The maximum atomic E-state index is 11.6. The van der Waals surface area contributed by atoms with Crippen LogP contribution in [0.5, 0.6) is 11.5 Å². The van der Waals surface area contributed by atoms with Crippen LogP contribution in [0.4, 0.5) is 11.5 Å². The van der Waals surface area contributed by atoms with Crippen LogP contribution in [0.15, 0.2) is 42.6 Å². The molecule has 0 aliphatic heterocycles. The zero-order valence-electron chi connectivity index (χ0n) is 14.2. The van der Waals surface area contributed by atoms with Gasteiger partial charge in [-0.15, -0.1) is 0 Å². The Morgan fingerprint density at radius 1 is 1.15 bits per heavy atom. The largest absolute Gasteiger partial charge is 0.494 e. The van der Waals surface area contributed by atoms with Crippen molar-refractivity contribution in [3.8, 4) is 11.5 Å². The summed E-state index contributed by atoms with van der Waals surface area (Å²) in [5, 5.41) is 13.4. The van der Waals surface area contributed by atoms with Gasteiger partial charge in [0.1, 0.15) is 30.1 Å². The average molecular weight is 361 g/mol. The van der Waals surface area contributed by atoms with Crippen molar-refractivity contribution >= 4 is 17.5 Å². The molecule has 0 unspecified atom stereocenters. The highest BCUT2D eigenvalue weighted by molar-refractivity contribution is 5.71. The lowest BCUT2D eigenvalue weighted by atomic mass is 10.3. The Morgan fingerprint density at radius 3 is 2.42 bits per heavy atom. The smallest absolute Gasteiger partial charge is 0.344 e. The monoisotopic (exact) mass is 361 g/mol. The highest BCUT2D eigenvalue weighted by Crippen LogP contribution is 2.17. The number of carbonyl (C=O) groups excluding carboxylic acids is 1. The molecule has 0 fully saturated rings. The summed E-state index contributed by atoms with van der Waals surface area (Å²) in [7, 11) is 0. The number of carbonyl (C=O) groups is 1. The van der Waals surface area contributed by atoms with Gasteiger partial charge < -0.3 is 19.5 Å². The molecule has 0 aliphatic rings. The number of rotatable bonds is 10. The number of benzene rings is 1. The first kappa shape index (κ1) is 19.0. The molecule has 9 nitrogen and oxygen atoms in total. The van der Waals surface area contributed by atoms with Crippen LogP contribution in [0.3, 0.4) is 0 Å². The molecule has 0 radical (unpaired) electrons. The third-order valence-corrected chi connectivity index (χ3v) is 3.12. The standard InChI is InChI=1S/C17H19N3O6/c1-2-24-14-4-6-15(7-5-14)26-12-17(21)25-10-9-18-16-8-3-13(11-19-16)20(22)23/h3-8,11H,2,9-10,12H2,1H3,(H,18,19). The average Bonchev–Trinajstić information content (AvgIpc) is 2.65. The third-order valence-electron chi connectivity index (χ3n) is 3.12. The Kier molecular flexibility index (Phi) is 7.17. The number of pyridine rings is 1. The highest BCUT2D eigenvalue weighted by Gasteiger charge is 2.06. The molecular formula is C17H19N3O6. The second-order valence-corrected chi connectivity index (χ2v) is 5.00. The minimum absolute atomic E-state index is 0.0894. The van der Waals surface area contributed by atoms with E-state index in [2.05, 4.69) is 10.3 Å². The summed E-state index contributed by atoms with van der Waals surface area (Å²) in [4.78, 5) is 25.5. The molecular weight excluding hydrogens is 342 g/mol. The number of hydrogen-bond acceptors (Lipinski definition) is 8. The van der Waals surface area contributed by atoms with Crippen LogP contribution in [-0.2, 0) is 9.53 Å². The molecule has 0 aliphatic carbocycles. The van der Waals surface area contributed by atoms with Crippen molar-refractivity contribution in [2.75, 3.05) is 31.7 Å². The number of hydrogen-bond donors (Lipinski definition) is 1. The van der Waals surface area contributed by atoms with Crippen molar-refractivity contribution in [1.82, 2.24) is 4.98 Å². The number of nitro groups is 1. The van der Waals surface area contributed by atoms with Crippen LogP contribution in [0, 0.1) is 10.1 Å². The lowest BCUT2D eigenvalue weighted by molar-refractivity contribution is -0.385. The summed E-state index contributed by atoms with van der Waals surface area (Å²) < 4.78 is 15.7. The van der Waals surface area contributed by atoms with Gasteiger partial charge in [0, 0.05) is 6.07 Å². The Bertz CT molecular complexity index is 718. The molecule has 0 saturated carbocycles. The van der Waals surface area contributed by atoms with Crippen molar-refractivity contribution in [3.63, 3.8) is 0 Å². The molecule has 1 aromatic heterocycles. The molecule has 1 N–H and O–H groups in total. The third kappa shape index (κ3) is 6.27. The minimum atomic E-state index is -0.525. The van der Waals surface area contributed by atoms with E-state index < -0.39 is 10.9 Å².